The number of aliphatic imine (C=N–C) groups is 2. The molecule has 15 heavy (non-hydrogen) atoms. The Morgan fingerprint density at radius 1 is 1.60 bits per heavy atom. The first-order chi connectivity index (χ1) is 7.09. The quantitative estimate of drug-likeness (QED) is 0.681. The van der Waals surface area contributed by atoms with Gasteiger partial charge in [0.2, 0.25) is 5.96 Å². The lowest BCUT2D eigenvalue weighted by Gasteiger charge is -2.29. The predicted octanol–water partition coefficient (Wildman–Crippen LogP) is 0.306. The standard InChI is InChI=1S/C8H6IN3O3/c9-4-1-10-8-11-2-5(7(14)15)6(13)12(8)3-4/h1-3,6,13H,(H,14,15)/t6-/m1/s1. The van der Waals surface area contributed by atoms with E-state index < -0.39 is 12.2 Å². The Morgan fingerprint density at radius 2 is 2.33 bits per heavy atom. The highest BCUT2D eigenvalue weighted by molar-refractivity contribution is 14.1. The summed E-state index contributed by atoms with van der Waals surface area (Å²) in [6.07, 6.45) is 3.05. The Bertz CT molecular complexity index is 438. The number of nitrogens with zero attached hydrogens (tertiary/aromatic N) is 3. The van der Waals surface area contributed by atoms with Gasteiger partial charge in [0.1, 0.15) is 5.57 Å². The molecule has 0 aromatic heterocycles. The summed E-state index contributed by atoms with van der Waals surface area (Å²) in [6.45, 7) is 0. The summed E-state index contributed by atoms with van der Waals surface area (Å²) in [5.41, 5.74) is -0.170. The van der Waals surface area contributed by atoms with Gasteiger partial charge in [-0.05, 0) is 22.6 Å². The third kappa shape index (κ3) is 1.79. The van der Waals surface area contributed by atoms with E-state index in [1.54, 1.807) is 12.4 Å². The van der Waals surface area contributed by atoms with Crippen LogP contribution in [-0.2, 0) is 4.79 Å². The molecule has 2 heterocycles. The molecule has 0 saturated heterocycles. The Balaban J connectivity index is 2.40. The van der Waals surface area contributed by atoms with Crippen molar-refractivity contribution in [2.24, 2.45) is 9.98 Å². The molecule has 0 bridgehead atoms. The first-order valence-corrected chi connectivity index (χ1v) is 5.06. The number of rotatable bonds is 1. The highest BCUT2D eigenvalue weighted by Gasteiger charge is 2.30. The lowest BCUT2D eigenvalue weighted by atomic mass is 10.2. The smallest absolute Gasteiger partial charge is 0.337 e. The maximum absolute atomic E-state index is 10.7. The number of carboxylic acids is 1. The van der Waals surface area contributed by atoms with Crippen LogP contribution in [-0.4, -0.2) is 39.5 Å². The molecule has 2 rings (SSSR count). The van der Waals surface area contributed by atoms with Gasteiger partial charge >= 0.3 is 5.97 Å². The molecule has 6 nitrogen and oxygen atoms in total. The maximum Gasteiger partial charge on any atom is 0.337 e. The van der Waals surface area contributed by atoms with Gasteiger partial charge in [-0.25, -0.2) is 14.8 Å². The number of aliphatic hydroxyl groups excluding tert-OH is 1. The average molecular weight is 319 g/mol. The van der Waals surface area contributed by atoms with Crippen LogP contribution in [0.5, 0.6) is 0 Å². The third-order valence-corrected chi connectivity index (χ3v) is 2.46. The van der Waals surface area contributed by atoms with Gasteiger partial charge in [0.15, 0.2) is 6.23 Å². The molecule has 0 aromatic carbocycles. The van der Waals surface area contributed by atoms with Crippen molar-refractivity contribution in [3.8, 4) is 0 Å². The molecule has 0 unspecified atom stereocenters. The number of aliphatic carboxylic acids is 1. The molecule has 7 heteroatoms. The number of halogens is 1. The average Bonchev–Trinajstić information content (AvgIpc) is 2.19. The monoisotopic (exact) mass is 319 g/mol. The van der Waals surface area contributed by atoms with Crippen molar-refractivity contribution in [1.82, 2.24) is 4.90 Å². The molecule has 0 amide bonds. The maximum atomic E-state index is 10.7. The SMILES string of the molecule is O=C(O)C1=CN=C2N=CC(I)=CN2[C@@H]1O. The second kappa shape index (κ2) is 3.74. The van der Waals surface area contributed by atoms with Gasteiger partial charge in [-0.15, -0.1) is 0 Å². The van der Waals surface area contributed by atoms with Crippen LogP contribution >= 0.6 is 22.6 Å². The second-order valence-corrected chi connectivity index (χ2v) is 4.12. The molecular formula is C8H6IN3O3. The van der Waals surface area contributed by atoms with E-state index in [0.29, 0.717) is 0 Å². The van der Waals surface area contributed by atoms with Crippen molar-refractivity contribution in [2.75, 3.05) is 0 Å². The molecule has 0 saturated carbocycles. The molecule has 2 aliphatic rings. The van der Waals surface area contributed by atoms with Crippen LogP contribution in [0.1, 0.15) is 0 Å². The lowest BCUT2D eigenvalue weighted by Crippen LogP contribution is -2.42. The largest absolute Gasteiger partial charge is 0.478 e. The Labute approximate surface area is 98.5 Å². The molecular weight excluding hydrogens is 313 g/mol. The van der Waals surface area contributed by atoms with Crippen LogP contribution < -0.4 is 0 Å². The van der Waals surface area contributed by atoms with E-state index in [-0.39, 0.29) is 11.5 Å². The fourth-order valence-corrected chi connectivity index (χ4v) is 1.64. The van der Waals surface area contributed by atoms with Gasteiger partial charge in [0.25, 0.3) is 0 Å². The van der Waals surface area contributed by atoms with Crippen LogP contribution in [0.4, 0.5) is 0 Å². The Morgan fingerprint density at radius 3 is 3.00 bits per heavy atom. The van der Waals surface area contributed by atoms with Crippen LogP contribution in [0.25, 0.3) is 0 Å². The number of aliphatic hydroxyl groups is 1. The van der Waals surface area contributed by atoms with Gasteiger partial charge < -0.3 is 10.2 Å². The zero-order valence-corrected chi connectivity index (χ0v) is 9.49. The summed E-state index contributed by atoms with van der Waals surface area (Å²) in [5.74, 6) is -0.906. The fourth-order valence-electron chi connectivity index (χ4n) is 1.20. The van der Waals surface area contributed by atoms with Crippen molar-refractivity contribution in [1.29, 1.82) is 0 Å². The van der Waals surface area contributed by atoms with Gasteiger partial charge in [-0.3, -0.25) is 4.90 Å². The van der Waals surface area contributed by atoms with Gasteiger partial charge in [-0.1, -0.05) is 0 Å². The van der Waals surface area contributed by atoms with E-state index >= 15 is 0 Å². The van der Waals surface area contributed by atoms with Crippen molar-refractivity contribution < 1.29 is 15.0 Å². The first-order valence-electron chi connectivity index (χ1n) is 3.98. The van der Waals surface area contributed by atoms with Crippen molar-refractivity contribution >= 4 is 40.7 Å². The zero-order valence-electron chi connectivity index (χ0n) is 7.33. The topological polar surface area (TPSA) is 85.5 Å². The summed E-state index contributed by atoms with van der Waals surface area (Å²) in [7, 11) is 0. The Hall–Kier alpha value is -1.22. The Kier molecular flexibility index (Phi) is 2.57. The number of hydrogen-bond acceptors (Lipinski definition) is 5. The molecule has 78 valence electrons. The molecule has 2 N–H and O–H groups in total. The van der Waals surface area contributed by atoms with E-state index in [2.05, 4.69) is 9.98 Å². The van der Waals surface area contributed by atoms with E-state index in [9.17, 15) is 9.90 Å². The molecule has 1 atom stereocenters. The van der Waals surface area contributed by atoms with E-state index in [1.165, 1.54) is 4.90 Å². The summed E-state index contributed by atoms with van der Waals surface area (Å²) in [6, 6.07) is 0. The number of carboxylic acid groups (broad SMARTS) is 1. The molecule has 0 aliphatic carbocycles. The number of fused-ring (bicyclic) bond motifs is 1. The van der Waals surface area contributed by atoms with E-state index in [0.717, 1.165) is 9.78 Å². The van der Waals surface area contributed by atoms with Crippen LogP contribution in [0.15, 0.2) is 31.5 Å². The third-order valence-electron chi connectivity index (χ3n) is 1.90. The fraction of sp³-hybridized carbons (Fsp3) is 0.125. The van der Waals surface area contributed by atoms with E-state index in [4.69, 9.17) is 5.11 Å². The molecule has 0 radical (unpaired) electrons. The highest BCUT2D eigenvalue weighted by Crippen LogP contribution is 2.21. The minimum absolute atomic E-state index is 0.170. The normalized spacial score (nSPS) is 24.0. The van der Waals surface area contributed by atoms with Crippen molar-refractivity contribution in [3.63, 3.8) is 0 Å². The molecule has 0 fully saturated rings. The van der Waals surface area contributed by atoms with Crippen LogP contribution in [0.3, 0.4) is 0 Å². The lowest BCUT2D eigenvalue weighted by molar-refractivity contribution is -0.134. The van der Waals surface area contributed by atoms with Crippen LogP contribution in [0, 0.1) is 0 Å². The second-order valence-electron chi connectivity index (χ2n) is 2.87. The number of guanidine groups is 1. The van der Waals surface area contributed by atoms with Crippen molar-refractivity contribution in [2.45, 2.75) is 6.23 Å². The molecule has 0 aromatic rings. The summed E-state index contributed by atoms with van der Waals surface area (Å²) < 4.78 is 0.789. The first kappa shape index (κ1) is 10.3. The predicted molar refractivity (Wildman–Crippen MR) is 61.6 cm³/mol. The summed E-state index contributed by atoms with van der Waals surface area (Å²) >= 11 is 2.02. The number of allylic oxidation sites excluding steroid dienone is 1. The molecule has 2 aliphatic heterocycles. The number of carbonyl (C=O) groups is 1. The minimum atomic E-state index is -1.24. The molecule has 0 spiro atoms. The zero-order chi connectivity index (χ0) is 11.0. The van der Waals surface area contributed by atoms with Gasteiger partial charge in [0.05, 0.1) is 0 Å². The summed E-state index contributed by atoms with van der Waals surface area (Å²) in [4.78, 5) is 19.8. The van der Waals surface area contributed by atoms with Crippen LogP contribution in [0.2, 0.25) is 0 Å². The highest BCUT2D eigenvalue weighted by atomic mass is 127. The minimum Gasteiger partial charge on any atom is -0.478 e. The number of hydrogen-bond donors (Lipinski definition) is 2. The van der Waals surface area contributed by atoms with E-state index in [1.807, 2.05) is 22.6 Å². The van der Waals surface area contributed by atoms with Crippen molar-refractivity contribution in [3.05, 3.63) is 21.6 Å². The summed E-state index contributed by atoms with van der Waals surface area (Å²) in [5, 5.41) is 18.5. The van der Waals surface area contributed by atoms with Gasteiger partial charge in [0, 0.05) is 22.2 Å². The van der Waals surface area contributed by atoms with Gasteiger partial charge in [-0.2, -0.15) is 0 Å².